The van der Waals surface area contributed by atoms with Crippen molar-refractivity contribution in [2.45, 2.75) is 32.0 Å². The molecule has 0 atom stereocenters. The maximum absolute atomic E-state index is 12.2. The zero-order valence-corrected chi connectivity index (χ0v) is 10.5. The van der Waals surface area contributed by atoms with Gasteiger partial charge in [-0.05, 0) is 12.0 Å². The molecular weight excluding hydrogens is 269 g/mol. The molecule has 0 aliphatic rings. The fraction of sp³-hybridized carbons (Fsp3) is 0.462. The largest absolute Gasteiger partial charge is 0.389 e. The normalized spacial score (nSPS) is 11.4. The zero-order valence-electron chi connectivity index (χ0n) is 10.5. The van der Waals surface area contributed by atoms with E-state index in [1.807, 2.05) is 0 Å². The Morgan fingerprint density at radius 2 is 1.90 bits per heavy atom. The van der Waals surface area contributed by atoms with Crippen LogP contribution in [-0.4, -0.2) is 16.0 Å². The predicted molar refractivity (Wildman–Crippen MR) is 63.7 cm³/mol. The molecule has 0 saturated heterocycles. The monoisotopic (exact) mass is 280 g/mol. The third-order valence-electron chi connectivity index (χ3n) is 2.71. The Bertz CT molecular complexity index is 566. The smallest absolute Gasteiger partial charge is 0.260 e. The Kier molecular flexibility index (Phi) is 4.78. The second-order valence-corrected chi connectivity index (χ2v) is 4.35. The second-order valence-electron chi connectivity index (χ2n) is 4.35. The molecule has 0 fully saturated rings. The van der Waals surface area contributed by atoms with Gasteiger partial charge in [0, 0.05) is 19.0 Å². The van der Waals surface area contributed by atoms with Crippen LogP contribution in [0.4, 0.5) is 13.2 Å². The lowest BCUT2D eigenvalue weighted by molar-refractivity contribution is -0.138. The van der Waals surface area contributed by atoms with Crippen LogP contribution in [0, 0.1) is 40.4 Å². The Labute approximate surface area is 114 Å². The van der Waals surface area contributed by atoms with E-state index in [4.69, 9.17) is 16.9 Å². The molecule has 0 aliphatic heterocycles. The van der Waals surface area contributed by atoms with Crippen molar-refractivity contribution in [1.29, 1.82) is 10.5 Å². The fourth-order valence-electron chi connectivity index (χ4n) is 1.69. The summed E-state index contributed by atoms with van der Waals surface area (Å²) in [6, 6.07) is 3.38. The maximum Gasteiger partial charge on any atom is 0.389 e. The summed E-state index contributed by atoms with van der Waals surface area (Å²) in [7, 11) is 0. The Balaban J connectivity index is 2.84. The van der Waals surface area contributed by atoms with Crippen molar-refractivity contribution >= 4 is 0 Å². The highest BCUT2D eigenvalue weighted by Gasteiger charge is 2.37. The average molecular weight is 280 g/mol. The highest BCUT2D eigenvalue weighted by Crippen LogP contribution is 2.32. The molecule has 0 N–H and O–H groups in total. The predicted octanol–water partition coefficient (Wildman–Crippen LogP) is 2.43. The van der Waals surface area contributed by atoms with Gasteiger partial charge in [-0.1, -0.05) is 5.92 Å². The summed E-state index contributed by atoms with van der Waals surface area (Å²) in [5.74, 6) is 2.35. The minimum atomic E-state index is -4.40. The number of nitrogens with zero attached hydrogens (tertiary/aromatic N) is 4. The lowest BCUT2D eigenvalue weighted by atomic mass is 9.81. The van der Waals surface area contributed by atoms with Gasteiger partial charge < -0.3 is 0 Å². The Morgan fingerprint density at radius 3 is 2.40 bits per heavy atom. The maximum atomic E-state index is 12.2. The fourth-order valence-corrected chi connectivity index (χ4v) is 1.69. The van der Waals surface area contributed by atoms with Gasteiger partial charge in [-0.25, -0.2) is 0 Å². The molecule has 4 nitrogen and oxygen atoms in total. The number of hydrogen-bond acceptors (Lipinski definition) is 3. The second kappa shape index (κ2) is 6.12. The van der Waals surface area contributed by atoms with Crippen LogP contribution in [0.5, 0.6) is 0 Å². The summed E-state index contributed by atoms with van der Waals surface area (Å²) >= 11 is 0. The van der Waals surface area contributed by atoms with E-state index in [9.17, 15) is 13.2 Å². The number of halogens is 3. The van der Waals surface area contributed by atoms with Gasteiger partial charge in [-0.2, -0.15) is 28.8 Å². The van der Waals surface area contributed by atoms with E-state index in [2.05, 4.69) is 11.0 Å². The lowest BCUT2D eigenvalue weighted by Gasteiger charge is -2.18. The first-order valence-corrected chi connectivity index (χ1v) is 5.68. The van der Waals surface area contributed by atoms with Gasteiger partial charge in [-0.15, -0.1) is 6.42 Å². The van der Waals surface area contributed by atoms with E-state index < -0.39 is 24.4 Å². The van der Waals surface area contributed by atoms with Gasteiger partial charge in [0.15, 0.2) is 0 Å². The first-order chi connectivity index (χ1) is 9.34. The Morgan fingerprint density at radius 1 is 1.25 bits per heavy atom. The third-order valence-corrected chi connectivity index (χ3v) is 2.71. The standard InChI is InChI=1S/C13H11F3N4/c1-2-5-20-8-11(7-19-20)6-12(9-17,10-18)3-4-13(14,15)16/h1,7-8H,3-6H2. The van der Waals surface area contributed by atoms with Gasteiger partial charge >= 0.3 is 6.18 Å². The van der Waals surface area contributed by atoms with E-state index in [0.29, 0.717) is 5.56 Å². The summed E-state index contributed by atoms with van der Waals surface area (Å²) in [6.07, 6.45) is 1.78. The Hall–Kier alpha value is -2.46. The minimum Gasteiger partial charge on any atom is -0.260 e. The minimum absolute atomic E-state index is 0.110. The summed E-state index contributed by atoms with van der Waals surface area (Å²) in [5, 5.41) is 22.0. The summed E-state index contributed by atoms with van der Waals surface area (Å²) in [5.41, 5.74) is -1.20. The number of aromatic nitrogens is 2. The molecule has 20 heavy (non-hydrogen) atoms. The molecule has 1 aromatic heterocycles. The molecular formula is C13H11F3N4. The van der Waals surface area contributed by atoms with Crippen LogP contribution in [0.25, 0.3) is 0 Å². The van der Waals surface area contributed by atoms with E-state index in [0.717, 1.165) is 0 Å². The van der Waals surface area contributed by atoms with Crippen molar-refractivity contribution in [1.82, 2.24) is 9.78 Å². The number of rotatable bonds is 5. The van der Waals surface area contributed by atoms with Crippen molar-refractivity contribution in [3.8, 4) is 24.5 Å². The van der Waals surface area contributed by atoms with E-state index in [1.165, 1.54) is 17.1 Å². The zero-order chi connectivity index (χ0) is 15.2. The van der Waals surface area contributed by atoms with Crippen LogP contribution in [0.3, 0.4) is 0 Å². The van der Waals surface area contributed by atoms with E-state index in [-0.39, 0.29) is 13.0 Å². The molecule has 0 aromatic carbocycles. The van der Waals surface area contributed by atoms with Gasteiger partial charge in [0.1, 0.15) is 12.0 Å². The molecule has 0 spiro atoms. The SMILES string of the molecule is C#CCn1cc(CC(C#N)(C#N)CCC(F)(F)F)cn1. The van der Waals surface area contributed by atoms with Crippen molar-refractivity contribution < 1.29 is 13.2 Å². The third kappa shape index (κ3) is 4.33. The van der Waals surface area contributed by atoms with Crippen LogP contribution >= 0.6 is 0 Å². The molecule has 0 unspecified atom stereocenters. The average Bonchev–Trinajstić information content (AvgIpc) is 2.81. The molecule has 0 aliphatic carbocycles. The van der Waals surface area contributed by atoms with Crippen molar-refractivity contribution in [3.63, 3.8) is 0 Å². The summed E-state index contributed by atoms with van der Waals surface area (Å²) in [4.78, 5) is 0. The number of terminal acetylenes is 1. The van der Waals surface area contributed by atoms with Gasteiger partial charge in [0.05, 0.1) is 18.3 Å². The topological polar surface area (TPSA) is 65.4 Å². The lowest BCUT2D eigenvalue weighted by Crippen LogP contribution is -2.23. The molecule has 1 rings (SSSR count). The quantitative estimate of drug-likeness (QED) is 0.778. The number of nitriles is 2. The first kappa shape index (κ1) is 15.6. The van der Waals surface area contributed by atoms with Crippen molar-refractivity contribution in [3.05, 3.63) is 18.0 Å². The van der Waals surface area contributed by atoms with Gasteiger partial charge in [0.2, 0.25) is 0 Å². The molecule has 104 valence electrons. The number of hydrogen-bond donors (Lipinski definition) is 0. The summed E-state index contributed by atoms with van der Waals surface area (Å²) in [6.45, 7) is 0.217. The molecule has 7 heteroatoms. The number of alkyl halides is 3. The van der Waals surface area contributed by atoms with Crippen molar-refractivity contribution in [2.24, 2.45) is 5.41 Å². The van der Waals surface area contributed by atoms with Crippen LogP contribution in [0.15, 0.2) is 12.4 Å². The van der Waals surface area contributed by atoms with Gasteiger partial charge in [0.25, 0.3) is 0 Å². The molecule has 0 bridgehead atoms. The van der Waals surface area contributed by atoms with E-state index in [1.54, 1.807) is 12.1 Å². The van der Waals surface area contributed by atoms with E-state index >= 15 is 0 Å². The van der Waals surface area contributed by atoms with Crippen LogP contribution in [0.2, 0.25) is 0 Å². The van der Waals surface area contributed by atoms with Crippen LogP contribution in [-0.2, 0) is 13.0 Å². The molecule has 0 saturated carbocycles. The van der Waals surface area contributed by atoms with Crippen LogP contribution < -0.4 is 0 Å². The van der Waals surface area contributed by atoms with Gasteiger partial charge in [-0.3, -0.25) is 4.68 Å². The molecule has 0 amide bonds. The molecule has 0 radical (unpaired) electrons. The highest BCUT2D eigenvalue weighted by molar-refractivity contribution is 5.21. The molecule has 1 heterocycles. The van der Waals surface area contributed by atoms with Crippen molar-refractivity contribution in [2.75, 3.05) is 0 Å². The summed E-state index contributed by atoms with van der Waals surface area (Å²) < 4.78 is 38.1. The molecule has 1 aromatic rings. The van der Waals surface area contributed by atoms with Crippen LogP contribution in [0.1, 0.15) is 18.4 Å². The highest BCUT2D eigenvalue weighted by atomic mass is 19.4. The first-order valence-electron chi connectivity index (χ1n) is 5.68.